The van der Waals surface area contributed by atoms with Gasteiger partial charge in [-0.3, -0.25) is 0 Å². The maximum Gasteiger partial charge on any atom is 0.219 e. The van der Waals surface area contributed by atoms with Gasteiger partial charge in [0.2, 0.25) is 5.88 Å². The lowest BCUT2D eigenvalue weighted by Gasteiger charge is -2.13. The predicted molar refractivity (Wildman–Crippen MR) is 119 cm³/mol. The van der Waals surface area contributed by atoms with Crippen LogP contribution in [-0.2, 0) is 0 Å². The van der Waals surface area contributed by atoms with E-state index in [-0.39, 0.29) is 11.3 Å². The topological polar surface area (TPSA) is 99.2 Å². The Bertz CT molecular complexity index is 1310. The zero-order chi connectivity index (χ0) is 22.3. The monoisotopic (exact) mass is 419 g/mol. The third-order valence-electron chi connectivity index (χ3n) is 4.73. The van der Waals surface area contributed by atoms with Crippen molar-refractivity contribution in [1.82, 2.24) is 4.98 Å². The summed E-state index contributed by atoms with van der Waals surface area (Å²) in [6.07, 6.45) is 7.67. The molecule has 0 spiro atoms. The number of rotatable bonds is 5. The molecule has 154 valence electrons. The van der Waals surface area contributed by atoms with Gasteiger partial charge in [-0.2, -0.15) is 10.5 Å². The average Bonchev–Trinajstić information content (AvgIpc) is 2.85. The van der Waals surface area contributed by atoms with E-state index in [0.29, 0.717) is 40.7 Å². The molecule has 0 radical (unpaired) electrons. The van der Waals surface area contributed by atoms with Crippen molar-refractivity contribution in [2.24, 2.45) is 0 Å². The largest absolute Gasteiger partial charge is 0.507 e. The molecule has 0 saturated heterocycles. The highest BCUT2D eigenvalue weighted by molar-refractivity contribution is 5.66. The maximum atomic E-state index is 10.7. The van der Waals surface area contributed by atoms with Crippen molar-refractivity contribution in [1.29, 1.82) is 10.5 Å². The summed E-state index contributed by atoms with van der Waals surface area (Å²) in [4.78, 5) is 4.13. The highest BCUT2D eigenvalue weighted by atomic mass is 16.5. The van der Waals surface area contributed by atoms with E-state index in [9.17, 15) is 5.11 Å². The molecule has 0 amide bonds. The van der Waals surface area contributed by atoms with Crippen LogP contribution in [0.5, 0.6) is 17.4 Å². The van der Waals surface area contributed by atoms with E-state index >= 15 is 0 Å². The van der Waals surface area contributed by atoms with Gasteiger partial charge >= 0.3 is 0 Å². The number of pyridine rings is 1. The summed E-state index contributed by atoms with van der Waals surface area (Å²) < 4.78 is 11.5. The van der Waals surface area contributed by atoms with Gasteiger partial charge in [-0.25, -0.2) is 4.98 Å². The maximum absolute atomic E-state index is 10.7. The summed E-state index contributed by atoms with van der Waals surface area (Å²) in [7, 11) is 0. The van der Waals surface area contributed by atoms with Gasteiger partial charge in [0.1, 0.15) is 35.2 Å². The van der Waals surface area contributed by atoms with Crippen molar-refractivity contribution in [3.05, 3.63) is 113 Å². The van der Waals surface area contributed by atoms with E-state index in [1.807, 2.05) is 36.4 Å². The van der Waals surface area contributed by atoms with Gasteiger partial charge in [-0.15, -0.1) is 0 Å². The number of aromatic nitrogens is 1. The minimum Gasteiger partial charge on any atom is -0.507 e. The Hall–Kier alpha value is -4.81. The second kappa shape index (κ2) is 9.34. The third kappa shape index (κ3) is 4.67. The lowest BCUT2D eigenvalue weighted by atomic mass is 10.0. The molecule has 1 N–H and O–H groups in total. The van der Waals surface area contributed by atoms with Gasteiger partial charge in [0.25, 0.3) is 0 Å². The number of nitrogens with zero attached hydrogens (tertiary/aromatic N) is 3. The summed E-state index contributed by atoms with van der Waals surface area (Å²) in [6, 6.07) is 21.1. The second-order valence-electron chi connectivity index (χ2n) is 6.85. The lowest BCUT2D eigenvalue weighted by molar-refractivity contribution is 0.423. The van der Waals surface area contributed by atoms with Crippen molar-refractivity contribution in [3.8, 4) is 29.5 Å². The van der Waals surface area contributed by atoms with E-state index in [0.717, 1.165) is 5.57 Å². The summed E-state index contributed by atoms with van der Waals surface area (Å²) >= 11 is 0. The molecule has 4 rings (SSSR count). The predicted octanol–water partition coefficient (Wildman–Crippen LogP) is 5.81. The molecule has 6 heteroatoms. The zero-order valence-corrected chi connectivity index (χ0v) is 16.9. The molecular formula is C26H17N3O3. The molecule has 0 unspecified atom stereocenters. The van der Waals surface area contributed by atoms with Crippen LogP contribution in [0, 0.1) is 22.7 Å². The Morgan fingerprint density at radius 3 is 2.31 bits per heavy atom. The van der Waals surface area contributed by atoms with Gasteiger partial charge in [0.15, 0.2) is 0 Å². The van der Waals surface area contributed by atoms with Crippen LogP contribution in [0.25, 0.3) is 5.76 Å². The van der Waals surface area contributed by atoms with E-state index < -0.39 is 0 Å². The summed E-state index contributed by atoms with van der Waals surface area (Å²) in [6.45, 7) is 0. The first-order valence-electron chi connectivity index (χ1n) is 9.78. The van der Waals surface area contributed by atoms with Crippen LogP contribution in [0.15, 0.2) is 96.4 Å². The van der Waals surface area contributed by atoms with E-state index in [1.165, 1.54) is 6.07 Å². The highest BCUT2D eigenvalue weighted by Crippen LogP contribution is 2.28. The number of nitriles is 2. The Morgan fingerprint density at radius 2 is 1.66 bits per heavy atom. The first-order valence-corrected chi connectivity index (χ1v) is 9.78. The molecule has 3 aromatic rings. The van der Waals surface area contributed by atoms with Crippen molar-refractivity contribution >= 4 is 5.76 Å². The molecule has 1 aromatic heterocycles. The molecule has 1 aliphatic rings. The molecule has 0 aliphatic heterocycles. The fourth-order valence-electron chi connectivity index (χ4n) is 3.09. The summed E-state index contributed by atoms with van der Waals surface area (Å²) in [5.41, 5.74) is 1.97. The Morgan fingerprint density at radius 1 is 0.875 bits per heavy atom. The molecule has 0 saturated carbocycles. The van der Waals surface area contributed by atoms with E-state index in [1.54, 1.807) is 54.7 Å². The number of benzene rings is 2. The van der Waals surface area contributed by atoms with E-state index in [4.69, 9.17) is 20.0 Å². The highest BCUT2D eigenvalue weighted by Gasteiger charge is 2.11. The Labute approximate surface area is 185 Å². The van der Waals surface area contributed by atoms with Crippen LogP contribution in [0.3, 0.4) is 0 Å². The smallest absolute Gasteiger partial charge is 0.219 e. The number of hydrogen-bond donors (Lipinski definition) is 1. The number of aliphatic hydroxyl groups is 1. The van der Waals surface area contributed by atoms with Crippen LogP contribution in [0.2, 0.25) is 0 Å². The van der Waals surface area contributed by atoms with E-state index in [2.05, 4.69) is 4.98 Å². The third-order valence-corrected chi connectivity index (χ3v) is 4.73. The van der Waals surface area contributed by atoms with Crippen molar-refractivity contribution in [2.45, 2.75) is 6.42 Å². The molecular weight excluding hydrogens is 402 g/mol. The molecule has 6 nitrogen and oxygen atoms in total. The number of allylic oxidation sites excluding steroid dienone is 4. The quantitative estimate of drug-likeness (QED) is 0.524. The van der Waals surface area contributed by atoms with Crippen LogP contribution in [0.4, 0.5) is 0 Å². The average molecular weight is 419 g/mol. The van der Waals surface area contributed by atoms with Gasteiger partial charge < -0.3 is 14.6 Å². The number of aliphatic hydroxyl groups excluding tert-OH is 1. The minimum atomic E-state index is 0.172. The number of hydrogen-bond acceptors (Lipinski definition) is 6. The first kappa shape index (κ1) is 20.5. The van der Waals surface area contributed by atoms with Gasteiger partial charge in [0.05, 0.1) is 11.1 Å². The lowest BCUT2D eigenvalue weighted by Crippen LogP contribution is -1.99. The molecule has 2 aromatic carbocycles. The van der Waals surface area contributed by atoms with Crippen molar-refractivity contribution in [2.75, 3.05) is 0 Å². The minimum absolute atomic E-state index is 0.172. The molecule has 0 bridgehead atoms. The fourth-order valence-corrected chi connectivity index (χ4v) is 3.09. The SMILES string of the molecule is N#Cc1ccc(Oc2ccc(C(O)=C3C=CC(Oc4ccccn4)=CC3)cc2)cc1C#N. The Kier molecular flexibility index (Phi) is 5.97. The standard InChI is InChI=1S/C26H17N3O3/c27-16-20-8-13-24(15-21(20)17-28)31-22-9-4-18(5-10-22)26(30)19-6-11-23(12-7-19)32-25-3-1-2-14-29-25/h1-6,8-15,30H,7H2. The molecule has 1 aliphatic carbocycles. The number of ether oxygens (including phenoxy) is 2. The summed E-state index contributed by atoms with van der Waals surface area (Å²) in [5.74, 6) is 2.36. The van der Waals surface area contributed by atoms with Crippen LogP contribution in [-0.4, -0.2) is 10.1 Å². The fraction of sp³-hybridized carbons (Fsp3) is 0.0385. The van der Waals surface area contributed by atoms with Crippen molar-refractivity contribution < 1.29 is 14.6 Å². The van der Waals surface area contributed by atoms with Gasteiger partial charge in [0, 0.05) is 17.8 Å². The Balaban J connectivity index is 1.44. The zero-order valence-electron chi connectivity index (χ0n) is 16.9. The van der Waals surface area contributed by atoms with Gasteiger partial charge in [-0.1, -0.05) is 12.1 Å². The molecule has 0 atom stereocenters. The van der Waals surface area contributed by atoms with Crippen LogP contribution < -0.4 is 9.47 Å². The molecule has 1 heterocycles. The van der Waals surface area contributed by atoms with Crippen LogP contribution >= 0.6 is 0 Å². The molecule has 0 fully saturated rings. The van der Waals surface area contributed by atoms with Crippen LogP contribution in [0.1, 0.15) is 23.1 Å². The van der Waals surface area contributed by atoms with Crippen molar-refractivity contribution in [3.63, 3.8) is 0 Å². The first-order chi connectivity index (χ1) is 15.7. The normalized spacial score (nSPS) is 14.0. The second-order valence-corrected chi connectivity index (χ2v) is 6.85. The molecule has 32 heavy (non-hydrogen) atoms. The summed E-state index contributed by atoms with van der Waals surface area (Å²) in [5, 5.41) is 28.8. The van der Waals surface area contributed by atoms with Gasteiger partial charge in [-0.05, 0) is 72.7 Å².